The maximum absolute atomic E-state index is 9.18. The Balaban J connectivity index is 2.42. The number of aromatic nitrogens is 1. The molecule has 5 heteroatoms. The third kappa shape index (κ3) is 3.87. The minimum atomic E-state index is -0.696. The molecule has 0 aliphatic rings. The zero-order valence-electron chi connectivity index (χ0n) is 9.10. The number of thiazole rings is 1. The van der Waals surface area contributed by atoms with E-state index >= 15 is 0 Å². The first-order chi connectivity index (χ1) is 7.17. The lowest BCUT2D eigenvalue weighted by atomic mass is 10.3. The summed E-state index contributed by atoms with van der Waals surface area (Å²) >= 11 is 1.68. The Labute approximate surface area is 94.0 Å². The number of aliphatic hydroxyl groups excluding tert-OH is 2. The van der Waals surface area contributed by atoms with Crippen molar-refractivity contribution < 1.29 is 10.2 Å². The van der Waals surface area contributed by atoms with Crippen molar-refractivity contribution in [3.05, 3.63) is 16.1 Å². The molecule has 86 valence electrons. The second-order valence-electron chi connectivity index (χ2n) is 3.48. The summed E-state index contributed by atoms with van der Waals surface area (Å²) in [5.41, 5.74) is 0. The van der Waals surface area contributed by atoms with Crippen molar-refractivity contribution in [2.75, 3.05) is 13.2 Å². The average molecular weight is 230 g/mol. The lowest BCUT2D eigenvalue weighted by molar-refractivity contribution is 0.0924. The molecule has 1 aromatic heterocycles. The van der Waals surface area contributed by atoms with Gasteiger partial charge in [0.25, 0.3) is 0 Å². The number of aryl methyl sites for hydroxylation is 1. The van der Waals surface area contributed by atoms with Gasteiger partial charge in [0, 0.05) is 17.6 Å². The fourth-order valence-corrected chi connectivity index (χ4v) is 2.03. The van der Waals surface area contributed by atoms with E-state index in [9.17, 15) is 5.11 Å². The van der Waals surface area contributed by atoms with Crippen molar-refractivity contribution >= 4 is 11.3 Å². The van der Waals surface area contributed by atoms with Crippen molar-refractivity contribution in [2.45, 2.75) is 32.4 Å². The molecule has 2 atom stereocenters. The van der Waals surface area contributed by atoms with Crippen LogP contribution in [0.15, 0.2) is 6.20 Å². The molecule has 0 radical (unpaired) electrons. The standard InChI is InChI=1S/C10H18N2O2S/c1-3-9-5-12-10(15-9)7(2)11-4-8(14)6-13/h5,7-8,11,13-14H,3-4,6H2,1-2H3/t7?,8-/m0/s1. The van der Waals surface area contributed by atoms with Crippen LogP contribution >= 0.6 is 11.3 Å². The summed E-state index contributed by atoms with van der Waals surface area (Å²) in [6.07, 6.45) is 2.20. The van der Waals surface area contributed by atoms with E-state index in [0.717, 1.165) is 11.4 Å². The summed E-state index contributed by atoms with van der Waals surface area (Å²) in [6, 6.07) is 0.122. The van der Waals surface area contributed by atoms with Crippen LogP contribution in [0.3, 0.4) is 0 Å². The molecular weight excluding hydrogens is 212 g/mol. The number of nitrogens with zero attached hydrogens (tertiary/aromatic N) is 1. The predicted molar refractivity (Wildman–Crippen MR) is 61.0 cm³/mol. The lowest BCUT2D eigenvalue weighted by Crippen LogP contribution is -2.31. The van der Waals surface area contributed by atoms with Gasteiger partial charge in [0.15, 0.2) is 0 Å². The van der Waals surface area contributed by atoms with Gasteiger partial charge in [0.05, 0.1) is 18.8 Å². The monoisotopic (exact) mass is 230 g/mol. The number of nitrogens with one attached hydrogen (secondary N) is 1. The molecule has 0 saturated carbocycles. The molecule has 15 heavy (non-hydrogen) atoms. The molecule has 0 aromatic carbocycles. The fraction of sp³-hybridized carbons (Fsp3) is 0.700. The van der Waals surface area contributed by atoms with E-state index in [0.29, 0.717) is 6.54 Å². The molecule has 1 aromatic rings. The van der Waals surface area contributed by atoms with Gasteiger partial charge in [-0.15, -0.1) is 11.3 Å². The summed E-state index contributed by atoms with van der Waals surface area (Å²) in [5, 5.41) is 22.0. The Morgan fingerprint density at radius 2 is 2.33 bits per heavy atom. The van der Waals surface area contributed by atoms with Crippen LogP contribution in [0.25, 0.3) is 0 Å². The Morgan fingerprint density at radius 3 is 2.87 bits per heavy atom. The van der Waals surface area contributed by atoms with E-state index in [1.807, 2.05) is 13.1 Å². The van der Waals surface area contributed by atoms with Crippen LogP contribution in [0.2, 0.25) is 0 Å². The van der Waals surface area contributed by atoms with Crippen LogP contribution in [0.4, 0.5) is 0 Å². The Morgan fingerprint density at radius 1 is 1.60 bits per heavy atom. The van der Waals surface area contributed by atoms with Gasteiger partial charge >= 0.3 is 0 Å². The molecular formula is C10H18N2O2S. The van der Waals surface area contributed by atoms with E-state index in [4.69, 9.17) is 5.11 Å². The van der Waals surface area contributed by atoms with Gasteiger partial charge in [-0.05, 0) is 13.3 Å². The summed E-state index contributed by atoms with van der Waals surface area (Å²) in [6.45, 7) is 4.28. The minimum absolute atomic E-state index is 0.122. The van der Waals surface area contributed by atoms with Gasteiger partial charge in [0.2, 0.25) is 0 Å². The normalized spacial score (nSPS) is 15.2. The van der Waals surface area contributed by atoms with Crippen LogP contribution in [-0.2, 0) is 6.42 Å². The third-order valence-electron chi connectivity index (χ3n) is 2.16. The summed E-state index contributed by atoms with van der Waals surface area (Å²) < 4.78 is 0. The van der Waals surface area contributed by atoms with Crippen LogP contribution in [-0.4, -0.2) is 34.5 Å². The maximum Gasteiger partial charge on any atom is 0.109 e. The summed E-state index contributed by atoms with van der Waals surface area (Å²) in [4.78, 5) is 5.57. The first kappa shape index (κ1) is 12.6. The highest BCUT2D eigenvalue weighted by Gasteiger charge is 2.11. The average Bonchev–Trinajstić information content (AvgIpc) is 2.73. The smallest absolute Gasteiger partial charge is 0.109 e. The maximum atomic E-state index is 9.18. The molecule has 1 rings (SSSR count). The summed E-state index contributed by atoms with van der Waals surface area (Å²) in [7, 11) is 0. The van der Waals surface area contributed by atoms with E-state index in [-0.39, 0.29) is 12.6 Å². The highest BCUT2D eigenvalue weighted by atomic mass is 32.1. The molecule has 0 bridgehead atoms. The molecule has 3 N–H and O–H groups in total. The highest BCUT2D eigenvalue weighted by Crippen LogP contribution is 2.19. The molecule has 4 nitrogen and oxygen atoms in total. The van der Waals surface area contributed by atoms with Gasteiger partial charge in [0.1, 0.15) is 5.01 Å². The predicted octanol–water partition coefficient (Wildman–Crippen LogP) is 0.709. The second-order valence-corrected chi connectivity index (χ2v) is 4.63. The van der Waals surface area contributed by atoms with Gasteiger partial charge in [-0.25, -0.2) is 4.98 Å². The van der Waals surface area contributed by atoms with Gasteiger partial charge in [-0.2, -0.15) is 0 Å². The molecule has 0 amide bonds. The molecule has 0 spiro atoms. The molecule has 1 heterocycles. The van der Waals surface area contributed by atoms with Crippen LogP contribution in [0.5, 0.6) is 0 Å². The molecule has 1 unspecified atom stereocenters. The van der Waals surface area contributed by atoms with E-state index < -0.39 is 6.10 Å². The van der Waals surface area contributed by atoms with Crippen LogP contribution in [0.1, 0.15) is 29.8 Å². The van der Waals surface area contributed by atoms with Gasteiger partial charge in [-0.3, -0.25) is 0 Å². The molecule has 0 aliphatic carbocycles. The summed E-state index contributed by atoms with van der Waals surface area (Å²) in [5.74, 6) is 0. The van der Waals surface area contributed by atoms with Gasteiger partial charge in [-0.1, -0.05) is 6.92 Å². The van der Waals surface area contributed by atoms with E-state index in [1.54, 1.807) is 11.3 Å². The van der Waals surface area contributed by atoms with Crippen molar-refractivity contribution in [1.29, 1.82) is 0 Å². The van der Waals surface area contributed by atoms with Crippen molar-refractivity contribution in [3.63, 3.8) is 0 Å². The largest absolute Gasteiger partial charge is 0.394 e. The molecule has 0 saturated heterocycles. The van der Waals surface area contributed by atoms with Crippen LogP contribution < -0.4 is 5.32 Å². The number of hydrogen-bond donors (Lipinski definition) is 3. The number of rotatable bonds is 6. The first-order valence-electron chi connectivity index (χ1n) is 5.14. The Hall–Kier alpha value is -0.490. The van der Waals surface area contributed by atoms with Crippen molar-refractivity contribution in [3.8, 4) is 0 Å². The van der Waals surface area contributed by atoms with Gasteiger partial charge < -0.3 is 15.5 Å². The zero-order valence-corrected chi connectivity index (χ0v) is 9.92. The first-order valence-corrected chi connectivity index (χ1v) is 5.96. The topological polar surface area (TPSA) is 65.4 Å². The fourth-order valence-electron chi connectivity index (χ4n) is 1.15. The van der Waals surface area contributed by atoms with E-state index in [1.165, 1.54) is 4.88 Å². The third-order valence-corrected chi connectivity index (χ3v) is 3.49. The quantitative estimate of drug-likeness (QED) is 0.673. The highest BCUT2D eigenvalue weighted by molar-refractivity contribution is 7.11. The SMILES string of the molecule is CCc1cnc(C(C)NC[C@H](O)CO)s1. The number of hydrogen-bond acceptors (Lipinski definition) is 5. The van der Waals surface area contributed by atoms with Crippen molar-refractivity contribution in [1.82, 2.24) is 10.3 Å². The lowest BCUT2D eigenvalue weighted by Gasteiger charge is -2.13. The molecule has 0 fully saturated rings. The van der Waals surface area contributed by atoms with E-state index in [2.05, 4.69) is 17.2 Å². The Kier molecular flexibility index (Phi) is 5.17. The number of aliphatic hydroxyl groups is 2. The van der Waals surface area contributed by atoms with Crippen LogP contribution in [0, 0.1) is 0 Å². The van der Waals surface area contributed by atoms with Crippen molar-refractivity contribution in [2.24, 2.45) is 0 Å². The minimum Gasteiger partial charge on any atom is -0.394 e. The Bertz CT molecular complexity index is 291. The zero-order chi connectivity index (χ0) is 11.3. The second kappa shape index (κ2) is 6.17. The molecule has 0 aliphatic heterocycles.